The number of piperazine rings is 1. The number of fused-ring (bicyclic) bond motifs is 3. The number of carbonyl (C=O) groups excluding carboxylic acids is 1. The monoisotopic (exact) mass is 331 g/mol. The fraction of sp³-hybridized carbons (Fsp3) is 0.471. The van der Waals surface area contributed by atoms with Crippen LogP contribution >= 0.6 is 0 Å². The van der Waals surface area contributed by atoms with Gasteiger partial charge in [0.05, 0.1) is 18.3 Å². The Morgan fingerprint density at radius 1 is 1.42 bits per heavy atom. The third kappa shape index (κ3) is 3.06. The number of rotatable bonds is 3. The molecule has 2 aliphatic rings. The predicted octanol–water partition coefficient (Wildman–Crippen LogP) is 1.77. The first-order chi connectivity index (χ1) is 11.5. The molecule has 0 aromatic carbocycles. The summed E-state index contributed by atoms with van der Waals surface area (Å²) in [7, 11) is 0. The van der Waals surface area contributed by atoms with Crippen LogP contribution in [0.1, 0.15) is 25.1 Å². The standard InChI is InChI=1S/C17H21N3O4/c1-3-24-15(21)7-6-13-5-4-12-8-14-10-19(17(22)23)9-11(2)20(14)16(12)18-13/h4-7,11,14H,3,8-10H2,1-2H3,(H,22,23)/t11-,14-/m1/s1. The molecular formula is C17H21N3O4. The van der Waals surface area contributed by atoms with Crippen molar-refractivity contribution in [3.8, 4) is 0 Å². The number of hydrogen-bond acceptors (Lipinski definition) is 5. The molecule has 2 aliphatic heterocycles. The number of carbonyl (C=O) groups is 2. The summed E-state index contributed by atoms with van der Waals surface area (Å²) in [6.07, 6.45) is 2.93. The molecular weight excluding hydrogens is 310 g/mol. The van der Waals surface area contributed by atoms with Crippen molar-refractivity contribution in [2.75, 3.05) is 24.6 Å². The number of ether oxygens (including phenoxy) is 1. The molecule has 1 amide bonds. The van der Waals surface area contributed by atoms with E-state index >= 15 is 0 Å². The normalized spacial score (nSPS) is 22.4. The minimum absolute atomic E-state index is 0.0675. The van der Waals surface area contributed by atoms with Gasteiger partial charge < -0.3 is 19.6 Å². The molecule has 0 bridgehead atoms. The van der Waals surface area contributed by atoms with E-state index in [2.05, 4.69) is 9.88 Å². The Kier molecular flexibility index (Phi) is 4.42. The van der Waals surface area contributed by atoms with E-state index in [0.717, 1.165) is 17.8 Å². The molecule has 1 fully saturated rings. The Bertz CT molecular complexity index is 688. The lowest BCUT2D eigenvalue weighted by atomic mass is 10.1. The van der Waals surface area contributed by atoms with Crippen LogP contribution in [0.3, 0.4) is 0 Å². The summed E-state index contributed by atoms with van der Waals surface area (Å²) in [6, 6.07) is 4.06. The van der Waals surface area contributed by atoms with Gasteiger partial charge >= 0.3 is 12.1 Å². The van der Waals surface area contributed by atoms with Crippen LogP contribution in [0.25, 0.3) is 6.08 Å². The molecule has 1 N–H and O–H groups in total. The van der Waals surface area contributed by atoms with Crippen LogP contribution in [-0.4, -0.2) is 58.8 Å². The van der Waals surface area contributed by atoms with Crippen LogP contribution < -0.4 is 4.90 Å². The number of nitrogens with zero attached hydrogens (tertiary/aromatic N) is 3. The number of esters is 1. The summed E-state index contributed by atoms with van der Waals surface area (Å²) >= 11 is 0. The zero-order chi connectivity index (χ0) is 17.3. The minimum atomic E-state index is -0.872. The Labute approximate surface area is 140 Å². The number of hydrogen-bond donors (Lipinski definition) is 1. The second-order valence-electron chi connectivity index (χ2n) is 6.11. The predicted molar refractivity (Wildman–Crippen MR) is 88.9 cm³/mol. The summed E-state index contributed by atoms with van der Waals surface area (Å²) in [4.78, 5) is 31.0. The molecule has 1 saturated heterocycles. The van der Waals surface area contributed by atoms with Gasteiger partial charge in [0.1, 0.15) is 5.82 Å². The molecule has 0 saturated carbocycles. The largest absolute Gasteiger partial charge is 0.465 e. The van der Waals surface area contributed by atoms with Gasteiger partial charge in [-0.2, -0.15) is 0 Å². The van der Waals surface area contributed by atoms with Crippen LogP contribution in [0, 0.1) is 0 Å². The molecule has 128 valence electrons. The number of amides is 1. The first-order valence-corrected chi connectivity index (χ1v) is 8.10. The SMILES string of the molecule is CCOC(=O)C=Cc1ccc2c(n1)N1[C@H](C2)CN(C(=O)O)C[C@H]1C. The van der Waals surface area contributed by atoms with Gasteiger partial charge in [0, 0.05) is 25.2 Å². The van der Waals surface area contributed by atoms with E-state index < -0.39 is 6.09 Å². The first-order valence-electron chi connectivity index (χ1n) is 8.10. The lowest BCUT2D eigenvalue weighted by Crippen LogP contribution is -2.57. The summed E-state index contributed by atoms with van der Waals surface area (Å²) in [5.41, 5.74) is 1.81. The maximum Gasteiger partial charge on any atom is 0.407 e. The summed E-state index contributed by atoms with van der Waals surface area (Å²) < 4.78 is 4.87. The van der Waals surface area contributed by atoms with Gasteiger partial charge in [0.25, 0.3) is 0 Å². The van der Waals surface area contributed by atoms with Crippen LogP contribution in [0.15, 0.2) is 18.2 Å². The molecule has 1 aromatic heterocycles. The van der Waals surface area contributed by atoms with Crippen LogP contribution in [0.2, 0.25) is 0 Å². The number of anilines is 1. The Morgan fingerprint density at radius 3 is 2.92 bits per heavy atom. The van der Waals surface area contributed by atoms with E-state index in [4.69, 9.17) is 4.74 Å². The lowest BCUT2D eigenvalue weighted by molar-refractivity contribution is -0.137. The third-order valence-electron chi connectivity index (χ3n) is 4.41. The van der Waals surface area contributed by atoms with Gasteiger partial charge in [0.15, 0.2) is 0 Å². The minimum Gasteiger partial charge on any atom is -0.465 e. The van der Waals surface area contributed by atoms with E-state index in [1.54, 1.807) is 13.0 Å². The van der Waals surface area contributed by atoms with Crippen molar-refractivity contribution in [1.29, 1.82) is 0 Å². The van der Waals surface area contributed by atoms with Crippen LogP contribution in [0.4, 0.5) is 10.6 Å². The molecule has 2 atom stereocenters. The molecule has 0 unspecified atom stereocenters. The average molecular weight is 331 g/mol. The van der Waals surface area contributed by atoms with Crippen molar-refractivity contribution in [3.63, 3.8) is 0 Å². The molecule has 3 heterocycles. The highest BCUT2D eigenvalue weighted by atomic mass is 16.5. The molecule has 24 heavy (non-hydrogen) atoms. The Morgan fingerprint density at radius 2 is 2.21 bits per heavy atom. The highest BCUT2D eigenvalue weighted by Crippen LogP contribution is 2.35. The zero-order valence-electron chi connectivity index (χ0n) is 13.8. The van der Waals surface area contributed by atoms with Gasteiger partial charge in [-0.15, -0.1) is 0 Å². The van der Waals surface area contributed by atoms with E-state index in [-0.39, 0.29) is 18.1 Å². The van der Waals surface area contributed by atoms with E-state index in [0.29, 0.717) is 25.4 Å². The van der Waals surface area contributed by atoms with Gasteiger partial charge in [-0.3, -0.25) is 0 Å². The van der Waals surface area contributed by atoms with Crippen molar-refractivity contribution >= 4 is 24.0 Å². The second kappa shape index (κ2) is 6.51. The molecule has 1 aromatic rings. The van der Waals surface area contributed by atoms with Gasteiger partial charge in [-0.05, 0) is 38.0 Å². The highest BCUT2D eigenvalue weighted by molar-refractivity contribution is 5.86. The zero-order valence-corrected chi connectivity index (χ0v) is 13.8. The van der Waals surface area contributed by atoms with Crippen LogP contribution in [0.5, 0.6) is 0 Å². The van der Waals surface area contributed by atoms with Crippen molar-refractivity contribution in [3.05, 3.63) is 29.5 Å². The molecule has 0 radical (unpaired) electrons. The number of pyridine rings is 1. The Hall–Kier alpha value is -2.57. The van der Waals surface area contributed by atoms with Gasteiger partial charge in [-0.25, -0.2) is 14.6 Å². The summed E-state index contributed by atoms with van der Waals surface area (Å²) in [6.45, 7) is 5.07. The molecule has 7 heteroatoms. The topological polar surface area (TPSA) is 83.0 Å². The van der Waals surface area contributed by atoms with Crippen molar-refractivity contribution < 1.29 is 19.4 Å². The van der Waals surface area contributed by atoms with E-state index in [9.17, 15) is 14.7 Å². The molecule has 7 nitrogen and oxygen atoms in total. The number of carboxylic acid groups (broad SMARTS) is 1. The quantitative estimate of drug-likeness (QED) is 0.671. The lowest BCUT2D eigenvalue weighted by Gasteiger charge is -2.42. The summed E-state index contributed by atoms with van der Waals surface area (Å²) in [5.74, 6) is 0.504. The maximum absolute atomic E-state index is 11.4. The fourth-order valence-corrected chi connectivity index (χ4v) is 3.45. The molecule has 0 aliphatic carbocycles. The molecule has 3 rings (SSSR count). The second-order valence-corrected chi connectivity index (χ2v) is 6.11. The van der Waals surface area contributed by atoms with Gasteiger partial charge in [0.2, 0.25) is 0 Å². The van der Waals surface area contributed by atoms with E-state index in [1.807, 2.05) is 19.1 Å². The van der Waals surface area contributed by atoms with Gasteiger partial charge in [-0.1, -0.05) is 6.07 Å². The summed E-state index contributed by atoms with van der Waals surface area (Å²) in [5, 5.41) is 9.24. The van der Waals surface area contributed by atoms with E-state index in [1.165, 1.54) is 11.0 Å². The average Bonchev–Trinajstić information content (AvgIpc) is 2.91. The third-order valence-corrected chi connectivity index (χ3v) is 4.41. The maximum atomic E-state index is 11.4. The molecule has 0 spiro atoms. The first kappa shape index (κ1) is 16.3. The van der Waals surface area contributed by atoms with Crippen LogP contribution in [-0.2, 0) is 16.0 Å². The highest BCUT2D eigenvalue weighted by Gasteiger charge is 2.40. The van der Waals surface area contributed by atoms with Crippen molar-refractivity contribution in [2.45, 2.75) is 32.4 Å². The smallest absolute Gasteiger partial charge is 0.407 e. The fourth-order valence-electron chi connectivity index (χ4n) is 3.45. The Balaban J connectivity index is 1.80. The van der Waals surface area contributed by atoms with Crippen molar-refractivity contribution in [1.82, 2.24) is 9.88 Å². The number of aromatic nitrogens is 1. The van der Waals surface area contributed by atoms with Crippen molar-refractivity contribution in [2.24, 2.45) is 0 Å².